The second kappa shape index (κ2) is 7.59. The van der Waals surface area contributed by atoms with E-state index in [1.165, 1.54) is 16.0 Å². The largest absolute Gasteiger partial charge is 0.497 e. The molecule has 4 N–H and O–H groups in total. The molecule has 1 atom stereocenters. The summed E-state index contributed by atoms with van der Waals surface area (Å²) in [6.07, 6.45) is 1.07. The van der Waals surface area contributed by atoms with Gasteiger partial charge < -0.3 is 20.7 Å². The van der Waals surface area contributed by atoms with Gasteiger partial charge in [0.1, 0.15) is 18.8 Å². The number of nitrogens with two attached hydrogens (primary N) is 1. The summed E-state index contributed by atoms with van der Waals surface area (Å²) in [6.45, 7) is 2.76. The van der Waals surface area contributed by atoms with Crippen molar-refractivity contribution in [3.8, 4) is 5.75 Å². The summed E-state index contributed by atoms with van der Waals surface area (Å²) in [5, 5.41) is 3.18. The van der Waals surface area contributed by atoms with Crippen molar-refractivity contribution >= 4 is 17.6 Å². The number of quaternary nitrogens is 1. The topological polar surface area (TPSA) is 90.4 Å². The molecule has 1 unspecified atom stereocenters. The summed E-state index contributed by atoms with van der Waals surface area (Å²) in [6, 6.07) is 16.2. The normalized spacial score (nSPS) is 15.8. The standard InChI is InChI=1S/C20H22N6O/c1-27-17-8-6-16(7-9-17)22-20-24-18(23-19(21)25-20)13-26-11-10-14-4-2-3-5-15(14)12-26/h2-9H,10-13H2,1H3,(H3,21,22,23,24,25)/p+1. The van der Waals surface area contributed by atoms with E-state index in [-0.39, 0.29) is 5.95 Å². The molecule has 0 radical (unpaired) electrons. The quantitative estimate of drug-likeness (QED) is 0.634. The molecule has 138 valence electrons. The maximum absolute atomic E-state index is 5.91. The number of methoxy groups -OCH3 is 1. The highest BCUT2D eigenvalue weighted by Gasteiger charge is 2.20. The van der Waals surface area contributed by atoms with Crippen LogP contribution in [0.1, 0.15) is 17.0 Å². The first-order valence-electron chi connectivity index (χ1n) is 9.01. The van der Waals surface area contributed by atoms with Gasteiger partial charge in [0.15, 0.2) is 5.82 Å². The maximum Gasteiger partial charge on any atom is 0.232 e. The molecule has 3 aromatic rings. The van der Waals surface area contributed by atoms with Gasteiger partial charge in [-0.3, -0.25) is 0 Å². The molecule has 0 saturated heterocycles. The summed E-state index contributed by atoms with van der Waals surface area (Å²) in [5.74, 6) is 2.19. The van der Waals surface area contributed by atoms with E-state index >= 15 is 0 Å². The Bertz CT molecular complexity index is 928. The number of nitrogens with one attached hydrogen (secondary N) is 2. The number of nitrogen functional groups attached to an aromatic ring is 1. The summed E-state index contributed by atoms with van der Waals surface area (Å²) in [7, 11) is 1.64. The lowest BCUT2D eigenvalue weighted by atomic mass is 10.00. The second-order valence-electron chi connectivity index (χ2n) is 6.66. The minimum Gasteiger partial charge on any atom is -0.497 e. The van der Waals surface area contributed by atoms with Gasteiger partial charge >= 0.3 is 0 Å². The van der Waals surface area contributed by atoms with Crippen LogP contribution in [0.4, 0.5) is 17.6 Å². The highest BCUT2D eigenvalue weighted by Crippen LogP contribution is 2.18. The zero-order valence-corrected chi connectivity index (χ0v) is 15.3. The van der Waals surface area contributed by atoms with Gasteiger partial charge in [0.05, 0.1) is 13.7 Å². The van der Waals surface area contributed by atoms with Crippen LogP contribution in [0, 0.1) is 0 Å². The highest BCUT2D eigenvalue weighted by atomic mass is 16.5. The van der Waals surface area contributed by atoms with Gasteiger partial charge in [-0.05, 0) is 29.8 Å². The number of rotatable bonds is 5. The minimum atomic E-state index is 0.229. The van der Waals surface area contributed by atoms with Crippen LogP contribution in [0.5, 0.6) is 5.75 Å². The molecule has 1 aromatic heterocycles. The lowest BCUT2D eigenvalue weighted by molar-refractivity contribution is -0.930. The predicted octanol–water partition coefficient (Wildman–Crippen LogP) is 1.35. The Labute approximate surface area is 158 Å². The fourth-order valence-corrected chi connectivity index (χ4v) is 3.39. The number of hydrogen-bond donors (Lipinski definition) is 3. The lowest BCUT2D eigenvalue weighted by Crippen LogP contribution is -3.10. The van der Waals surface area contributed by atoms with Gasteiger partial charge in [-0.1, -0.05) is 24.3 Å². The van der Waals surface area contributed by atoms with Crippen molar-refractivity contribution in [1.29, 1.82) is 0 Å². The van der Waals surface area contributed by atoms with Gasteiger partial charge in [-0.15, -0.1) is 0 Å². The van der Waals surface area contributed by atoms with Gasteiger partial charge in [0.2, 0.25) is 11.9 Å². The van der Waals surface area contributed by atoms with Gasteiger partial charge in [-0.25, -0.2) is 0 Å². The third-order valence-corrected chi connectivity index (χ3v) is 4.76. The van der Waals surface area contributed by atoms with Crippen molar-refractivity contribution in [2.45, 2.75) is 19.5 Å². The second-order valence-corrected chi connectivity index (χ2v) is 6.66. The summed E-state index contributed by atoms with van der Waals surface area (Å²) in [4.78, 5) is 14.5. The van der Waals surface area contributed by atoms with Gasteiger partial charge in [0.25, 0.3) is 0 Å². The first kappa shape index (κ1) is 17.2. The molecule has 1 aliphatic rings. The molecular weight excluding hydrogens is 340 g/mol. The van der Waals surface area contributed by atoms with Crippen LogP contribution >= 0.6 is 0 Å². The Morgan fingerprint density at radius 1 is 1.04 bits per heavy atom. The maximum atomic E-state index is 5.91. The number of nitrogens with zero attached hydrogens (tertiary/aromatic N) is 3. The SMILES string of the molecule is COc1ccc(Nc2nc(N)nc(C[NH+]3CCc4ccccc4C3)n2)cc1. The van der Waals surface area contributed by atoms with E-state index in [1.54, 1.807) is 7.11 Å². The summed E-state index contributed by atoms with van der Waals surface area (Å²) in [5.41, 5.74) is 9.62. The highest BCUT2D eigenvalue weighted by molar-refractivity contribution is 5.55. The monoisotopic (exact) mass is 363 g/mol. The Morgan fingerprint density at radius 3 is 2.59 bits per heavy atom. The number of fused-ring (bicyclic) bond motifs is 1. The van der Waals surface area contributed by atoms with E-state index in [0.717, 1.165) is 37.5 Å². The molecule has 1 aliphatic heterocycles. The molecule has 2 aromatic carbocycles. The number of benzene rings is 2. The molecule has 0 saturated carbocycles. The van der Waals surface area contributed by atoms with Crippen molar-refractivity contribution in [2.24, 2.45) is 0 Å². The van der Waals surface area contributed by atoms with E-state index < -0.39 is 0 Å². The Balaban J connectivity index is 1.47. The molecule has 4 rings (SSSR count). The van der Waals surface area contributed by atoms with Crippen LogP contribution in [0.3, 0.4) is 0 Å². The van der Waals surface area contributed by atoms with Crippen molar-refractivity contribution in [1.82, 2.24) is 15.0 Å². The van der Waals surface area contributed by atoms with E-state index in [2.05, 4.69) is 44.5 Å². The van der Waals surface area contributed by atoms with Crippen LogP contribution in [-0.2, 0) is 19.5 Å². The Kier molecular flexibility index (Phi) is 4.84. The van der Waals surface area contributed by atoms with Crippen LogP contribution in [-0.4, -0.2) is 28.6 Å². The predicted molar refractivity (Wildman–Crippen MR) is 104 cm³/mol. The average Bonchev–Trinajstić information content (AvgIpc) is 2.68. The fourth-order valence-electron chi connectivity index (χ4n) is 3.39. The van der Waals surface area contributed by atoms with E-state index in [4.69, 9.17) is 10.5 Å². The first-order chi connectivity index (χ1) is 13.2. The minimum absolute atomic E-state index is 0.229. The zero-order valence-electron chi connectivity index (χ0n) is 15.3. The van der Waals surface area contributed by atoms with E-state index in [0.29, 0.717) is 11.8 Å². The zero-order chi connectivity index (χ0) is 18.6. The molecule has 0 amide bonds. The molecule has 7 nitrogen and oxygen atoms in total. The van der Waals surface area contributed by atoms with Crippen LogP contribution in [0.2, 0.25) is 0 Å². The van der Waals surface area contributed by atoms with Crippen molar-refractivity contribution in [3.63, 3.8) is 0 Å². The molecule has 0 spiro atoms. The van der Waals surface area contributed by atoms with Crippen LogP contribution < -0.4 is 20.7 Å². The molecule has 27 heavy (non-hydrogen) atoms. The molecule has 0 bridgehead atoms. The number of anilines is 3. The number of aromatic nitrogens is 3. The van der Waals surface area contributed by atoms with Crippen LogP contribution in [0.15, 0.2) is 48.5 Å². The van der Waals surface area contributed by atoms with E-state index in [1.807, 2.05) is 24.3 Å². The molecule has 7 heteroatoms. The third-order valence-electron chi connectivity index (χ3n) is 4.76. The lowest BCUT2D eigenvalue weighted by Gasteiger charge is -2.25. The summed E-state index contributed by atoms with van der Waals surface area (Å²) >= 11 is 0. The van der Waals surface area contributed by atoms with Crippen molar-refractivity contribution in [2.75, 3.05) is 24.7 Å². The van der Waals surface area contributed by atoms with Crippen LogP contribution in [0.25, 0.3) is 0 Å². The smallest absolute Gasteiger partial charge is 0.232 e. The van der Waals surface area contributed by atoms with E-state index in [9.17, 15) is 0 Å². The third kappa shape index (κ3) is 4.15. The summed E-state index contributed by atoms with van der Waals surface area (Å²) < 4.78 is 5.18. The molecule has 0 aliphatic carbocycles. The van der Waals surface area contributed by atoms with Crippen molar-refractivity contribution < 1.29 is 9.64 Å². The molecular formula is C20H23N6O+. The average molecular weight is 363 g/mol. The van der Waals surface area contributed by atoms with Gasteiger partial charge in [-0.2, -0.15) is 15.0 Å². The number of ether oxygens (including phenoxy) is 1. The number of hydrogen-bond acceptors (Lipinski definition) is 6. The fraction of sp³-hybridized carbons (Fsp3) is 0.250. The first-order valence-corrected chi connectivity index (χ1v) is 9.01. The molecule has 0 fully saturated rings. The Hall–Kier alpha value is -3.19. The van der Waals surface area contributed by atoms with Gasteiger partial charge in [0, 0.05) is 17.7 Å². The molecule has 2 heterocycles. The van der Waals surface area contributed by atoms with Crippen molar-refractivity contribution in [3.05, 3.63) is 65.5 Å². The Morgan fingerprint density at radius 2 is 1.81 bits per heavy atom.